The highest BCUT2D eigenvalue weighted by Gasteiger charge is 2.24. The standard InChI is InChI=1S/C18H26ClN3O.2ClH/c1-13-2-5-16(19)8-17(13)22-7-6-15(12-22)10-21-18(23)11-20-9-14-3-4-14;;/h2,5,8,14-15,20H,3-4,6-7,9-12H2,1H3,(H,21,23);2*1H. The van der Waals surface area contributed by atoms with Crippen molar-refractivity contribution in [1.82, 2.24) is 10.6 Å². The third-order valence-electron chi connectivity index (χ3n) is 4.80. The molecule has 3 rings (SSSR count). The molecule has 142 valence electrons. The van der Waals surface area contributed by atoms with E-state index in [2.05, 4.69) is 28.5 Å². The van der Waals surface area contributed by atoms with Gasteiger partial charge in [-0.3, -0.25) is 4.79 Å². The number of carbonyl (C=O) groups is 1. The number of nitrogens with zero attached hydrogens (tertiary/aromatic N) is 1. The van der Waals surface area contributed by atoms with E-state index >= 15 is 0 Å². The molecule has 1 aromatic rings. The fraction of sp³-hybridized carbons (Fsp3) is 0.611. The highest BCUT2D eigenvalue weighted by molar-refractivity contribution is 6.30. The van der Waals surface area contributed by atoms with E-state index in [0.29, 0.717) is 12.5 Å². The summed E-state index contributed by atoms with van der Waals surface area (Å²) in [6.07, 6.45) is 3.74. The molecule has 1 saturated heterocycles. The molecule has 1 aromatic carbocycles. The van der Waals surface area contributed by atoms with Crippen molar-refractivity contribution in [3.8, 4) is 0 Å². The number of carbonyl (C=O) groups excluding carboxylic acids is 1. The van der Waals surface area contributed by atoms with Crippen LogP contribution >= 0.6 is 36.4 Å². The Labute approximate surface area is 167 Å². The summed E-state index contributed by atoms with van der Waals surface area (Å²) in [5.41, 5.74) is 2.47. The van der Waals surface area contributed by atoms with Crippen molar-refractivity contribution in [3.05, 3.63) is 28.8 Å². The van der Waals surface area contributed by atoms with Gasteiger partial charge >= 0.3 is 0 Å². The van der Waals surface area contributed by atoms with Crippen LogP contribution in [-0.2, 0) is 4.79 Å². The number of aryl methyl sites for hydroxylation is 1. The lowest BCUT2D eigenvalue weighted by molar-refractivity contribution is -0.120. The van der Waals surface area contributed by atoms with Crippen molar-refractivity contribution in [1.29, 1.82) is 0 Å². The lowest BCUT2D eigenvalue weighted by Crippen LogP contribution is -2.37. The smallest absolute Gasteiger partial charge is 0.233 e. The minimum absolute atomic E-state index is 0. The van der Waals surface area contributed by atoms with Crippen LogP contribution in [0.5, 0.6) is 0 Å². The van der Waals surface area contributed by atoms with E-state index < -0.39 is 0 Å². The van der Waals surface area contributed by atoms with E-state index in [9.17, 15) is 4.79 Å². The van der Waals surface area contributed by atoms with Crippen molar-refractivity contribution in [2.24, 2.45) is 11.8 Å². The SMILES string of the molecule is Cc1ccc(Cl)cc1N1CCC(CNC(=O)CNCC2CC2)C1.Cl.Cl. The number of nitrogens with one attached hydrogen (secondary N) is 2. The molecule has 25 heavy (non-hydrogen) atoms. The molecule has 2 fully saturated rings. The molecule has 2 N–H and O–H groups in total. The molecular formula is C18H28Cl3N3O. The maximum Gasteiger partial charge on any atom is 0.233 e. The summed E-state index contributed by atoms with van der Waals surface area (Å²) in [6.45, 7) is 6.32. The Morgan fingerprint density at radius 3 is 2.68 bits per heavy atom. The lowest BCUT2D eigenvalue weighted by atomic mass is 10.1. The van der Waals surface area contributed by atoms with Gasteiger partial charge < -0.3 is 15.5 Å². The van der Waals surface area contributed by atoms with Crippen LogP contribution in [0.4, 0.5) is 5.69 Å². The molecule has 1 heterocycles. The molecule has 1 unspecified atom stereocenters. The minimum atomic E-state index is 0. The Morgan fingerprint density at radius 2 is 1.96 bits per heavy atom. The number of hydrogen-bond donors (Lipinski definition) is 2. The average molecular weight is 409 g/mol. The Bertz CT molecular complexity index is 566. The highest BCUT2D eigenvalue weighted by Crippen LogP contribution is 2.29. The van der Waals surface area contributed by atoms with Crippen molar-refractivity contribution < 1.29 is 4.79 Å². The van der Waals surface area contributed by atoms with Crippen LogP contribution in [0.1, 0.15) is 24.8 Å². The van der Waals surface area contributed by atoms with Gasteiger partial charge in [0.25, 0.3) is 0 Å². The molecule has 2 aliphatic rings. The summed E-state index contributed by atoms with van der Waals surface area (Å²) in [5.74, 6) is 1.44. The summed E-state index contributed by atoms with van der Waals surface area (Å²) in [6, 6.07) is 6.04. The van der Waals surface area contributed by atoms with Gasteiger partial charge in [-0.05, 0) is 62.3 Å². The van der Waals surface area contributed by atoms with E-state index in [1.54, 1.807) is 0 Å². The van der Waals surface area contributed by atoms with Crippen LogP contribution in [0.15, 0.2) is 18.2 Å². The highest BCUT2D eigenvalue weighted by atomic mass is 35.5. The predicted molar refractivity (Wildman–Crippen MR) is 110 cm³/mol. The van der Waals surface area contributed by atoms with Crippen molar-refractivity contribution in [2.45, 2.75) is 26.2 Å². The molecule has 1 amide bonds. The van der Waals surface area contributed by atoms with Crippen LogP contribution < -0.4 is 15.5 Å². The monoisotopic (exact) mass is 407 g/mol. The van der Waals surface area contributed by atoms with Gasteiger partial charge in [0.15, 0.2) is 0 Å². The van der Waals surface area contributed by atoms with Gasteiger partial charge in [0.2, 0.25) is 5.91 Å². The van der Waals surface area contributed by atoms with E-state index in [4.69, 9.17) is 11.6 Å². The van der Waals surface area contributed by atoms with Gasteiger partial charge in [-0.15, -0.1) is 24.8 Å². The molecule has 1 saturated carbocycles. The largest absolute Gasteiger partial charge is 0.371 e. The fourth-order valence-electron chi connectivity index (χ4n) is 3.17. The average Bonchev–Trinajstić information content (AvgIpc) is 3.23. The zero-order valence-electron chi connectivity index (χ0n) is 14.6. The predicted octanol–water partition coefficient (Wildman–Crippen LogP) is 3.43. The van der Waals surface area contributed by atoms with Gasteiger partial charge in [0.1, 0.15) is 0 Å². The second kappa shape index (κ2) is 10.5. The quantitative estimate of drug-likeness (QED) is 0.726. The van der Waals surface area contributed by atoms with E-state index in [1.165, 1.54) is 24.1 Å². The van der Waals surface area contributed by atoms with Gasteiger partial charge in [-0.25, -0.2) is 0 Å². The summed E-state index contributed by atoms with van der Waals surface area (Å²) in [7, 11) is 0. The molecule has 0 bridgehead atoms. The van der Waals surface area contributed by atoms with Crippen LogP contribution in [0.3, 0.4) is 0 Å². The van der Waals surface area contributed by atoms with Crippen molar-refractivity contribution in [2.75, 3.05) is 37.6 Å². The Morgan fingerprint density at radius 1 is 1.20 bits per heavy atom. The van der Waals surface area contributed by atoms with Crippen LogP contribution in [0.25, 0.3) is 0 Å². The molecule has 0 aromatic heterocycles. The molecule has 1 aliphatic carbocycles. The maximum atomic E-state index is 11.8. The van der Waals surface area contributed by atoms with E-state index in [1.807, 2.05) is 12.1 Å². The van der Waals surface area contributed by atoms with Crippen LogP contribution in [0.2, 0.25) is 5.02 Å². The molecule has 1 atom stereocenters. The topological polar surface area (TPSA) is 44.4 Å². The van der Waals surface area contributed by atoms with E-state index in [-0.39, 0.29) is 30.7 Å². The number of anilines is 1. The third kappa shape index (κ3) is 6.86. The number of rotatable bonds is 7. The first-order valence-electron chi connectivity index (χ1n) is 8.60. The van der Waals surface area contributed by atoms with Gasteiger partial charge in [-0.1, -0.05) is 17.7 Å². The van der Waals surface area contributed by atoms with Crippen molar-refractivity contribution in [3.63, 3.8) is 0 Å². The fourth-order valence-corrected chi connectivity index (χ4v) is 3.34. The molecular weight excluding hydrogens is 381 g/mol. The molecule has 4 nitrogen and oxygen atoms in total. The minimum Gasteiger partial charge on any atom is -0.371 e. The normalized spacial score (nSPS) is 19.1. The van der Waals surface area contributed by atoms with Gasteiger partial charge in [0.05, 0.1) is 6.54 Å². The first-order chi connectivity index (χ1) is 11.1. The zero-order chi connectivity index (χ0) is 16.2. The zero-order valence-corrected chi connectivity index (χ0v) is 17.0. The number of amides is 1. The summed E-state index contributed by atoms with van der Waals surface area (Å²) in [5, 5.41) is 7.08. The summed E-state index contributed by atoms with van der Waals surface area (Å²) in [4.78, 5) is 14.2. The number of halogens is 3. The second-order valence-electron chi connectivity index (χ2n) is 6.91. The lowest BCUT2D eigenvalue weighted by Gasteiger charge is -2.21. The second-order valence-corrected chi connectivity index (χ2v) is 7.35. The summed E-state index contributed by atoms with van der Waals surface area (Å²) < 4.78 is 0. The Hall–Kier alpha value is -0.680. The Balaban J connectivity index is 0.00000156. The summed E-state index contributed by atoms with van der Waals surface area (Å²) >= 11 is 6.12. The third-order valence-corrected chi connectivity index (χ3v) is 5.04. The maximum absolute atomic E-state index is 11.8. The van der Waals surface area contributed by atoms with E-state index in [0.717, 1.165) is 43.5 Å². The van der Waals surface area contributed by atoms with Gasteiger partial charge in [-0.2, -0.15) is 0 Å². The van der Waals surface area contributed by atoms with Crippen LogP contribution in [-0.4, -0.2) is 38.6 Å². The number of hydrogen-bond acceptors (Lipinski definition) is 3. The molecule has 0 spiro atoms. The molecule has 1 aliphatic heterocycles. The first kappa shape index (κ1) is 22.4. The first-order valence-corrected chi connectivity index (χ1v) is 8.98. The Kier molecular flexibility index (Phi) is 9.36. The molecule has 0 radical (unpaired) electrons. The van der Waals surface area contributed by atoms with Crippen molar-refractivity contribution >= 4 is 48.0 Å². The van der Waals surface area contributed by atoms with Crippen LogP contribution in [0, 0.1) is 18.8 Å². The van der Waals surface area contributed by atoms with Gasteiger partial charge in [0, 0.05) is 30.3 Å². The number of benzene rings is 1. The molecule has 7 heteroatoms.